The molecule has 0 unspecified atom stereocenters. The number of β-amino-alcohol motifs (C(OH)–C–C–N with tert-alkyl or cyclic N) is 1. The summed E-state index contributed by atoms with van der Waals surface area (Å²) in [6.45, 7) is 1.80. The average molecular weight is 282 g/mol. The van der Waals surface area contributed by atoms with Crippen molar-refractivity contribution < 1.29 is 18.3 Å². The minimum atomic E-state index is -3.58. The number of carbonyl (C=O) groups is 1. The van der Waals surface area contributed by atoms with E-state index < -0.39 is 15.6 Å². The van der Waals surface area contributed by atoms with Crippen LogP contribution in [0.2, 0.25) is 0 Å². The number of fused-ring (bicyclic) bond motifs is 1. The second kappa shape index (κ2) is 3.78. The highest BCUT2D eigenvalue weighted by atomic mass is 32.2. The van der Waals surface area contributed by atoms with Gasteiger partial charge >= 0.3 is 0 Å². The third kappa shape index (κ3) is 2.03. The average Bonchev–Trinajstić information content (AvgIpc) is 2.64. The Morgan fingerprint density at radius 1 is 1.37 bits per heavy atom. The van der Waals surface area contributed by atoms with Crippen molar-refractivity contribution in [2.24, 2.45) is 0 Å². The van der Waals surface area contributed by atoms with Crippen LogP contribution in [0, 0.1) is 0 Å². The molecule has 0 atom stereocenters. The summed E-state index contributed by atoms with van der Waals surface area (Å²) in [6.07, 6.45) is 0.205. The number of benzene rings is 1. The maximum atomic E-state index is 12.3. The Morgan fingerprint density at radius 2 is 2.05 bits per heavy atom. The van der Waals surface area contributed by atoms with Crippen molar-refractivity contribution in [3.63, 3.8) is 0 Å². The van der Waals surface area contributed by atoms with Crippen molar-refractivity contribution in [2.75, 3.05) is 18.4 Å². The molecular formula is C12H14N2O4S. The van der Waals surface area contributed by atoms with Crippen LogP contribution in [0.25, 0.3) is 0 Å². The molecule has 1 amide bonds. The van der Waals surface area contributed by atoms with Gasteiger partial charge in [0, 0.05) is 18.8 Å². The lowest BCUT2D eigenvalue weighted by atomic mass is 10.0. The van der Waals surface area contributed by atoms with E-state index in [2.05, 4.69) is 5.32 Å². The van der Waals surface area contributed by atoms with Gasteiger partial charge in [0.1, 0.15) is 0 Å². The summed E-state index contributed by atoms with van der Waals surface area (Å²) in [5.41, 5.74) is 0.416. The number of hydrogen-bond acceptors (Lipinski definition) is 4. The molecule has 0 spiro atoms. The molecule has 102 valence electrons. The van der Waals surface area contributed by atoms with Crippen molar-refractivity contribution in [1.82, 2.24) is 4.31 Å². The zero-order valence-corrected chi connectivity index (χ0v) is 11.2. The lowest BCUT2D eigenvalue weighted by molar-refractivity contribution is -0.115. The first-order valence-corrected chi connectivity index (χ1v) is 7.37. The highest BCUT2D eigenvalue weighted by molar-refractivity contribution is 7.89. The van der Waals surface area contributed by atoms with E-state index >= 15 is 0 Å². The molecular weight excluding hydrogens is 268 g/mol. The zero-order chi connectivity index (χ0) is 13.8. The molecule has 2 heterocycles. The van der Waals surface area contributed by atoms with Crippen LogP contribution in [0.4, 0.5) is 5.69 Å². The number of sulfonamides is 1. The van der Waals surface area contributed by atoms with E-state index in [0.717, 1.165) is 0 Å². The van der Waals surface area contributed by atoms with Crippen molar-refractivity contribution in [3.8, 4) is 0 Å². The summed E-state index contributed by atoms with van der Waals surface area (Å²) in [6, 6.07) is 4.60. The first-order chi connectivity index (χ1) is 8.78. The zero-order valence-electron chi connectivity index (χ0n) is 10.4. The molecule has 0 saturated carbocycles. The maximum absolute atomic E-state index is 12.3. The molecule has 0 radical (unpaired) electrons. The number of anilines is 1. The third-order valence-electron chi connectivity index (χ3n) is 3.37. The van der Waals surface area contributed by atoms with E-state index in [1.807, 2.05) is 0 Å². The van der Waals surface area contributed by atoms with Crippen molar-refractivity contribution in [3.05, 3.63) is 23.8 Å². The van der Waals surface area contributed by atoms with Crippen molar-refractivity contribution in [2.45, 2.75) is 23.8 Å². The smallest absolute Gasteiger partial charge is 0.243 e. The van der Waals surface area contributed by atoms with Gasteiger partial charge in [-0.25, -0.2) is 8.42 Å². The molecule has 0 bridgehead atoms. The van der Waals surface area contributed by atoms with E-state index in [4.69, 9.17) is 0 Å². The summed E-state index contributed by atoms with van der Waals surface area (Å²) in [5, 5.41) is 12.3. The Morgan fingerprint density at radius 3 is 2.68 bits per heavy atom. The standard InChI is InChI=1S/C12H14N2O4S/c1-12(16)6-14(7-12)19(17,18)9-2-3-10-8(4-9)5-11(15)13-10/h2-4,16H,5-7H2,1H3,(H,13,15). The minimum Gasteiger partial charge on any atom is -0.387 e. The Labute approximate surface area is 111 Å². The van der Waals surface area contributed by atoms with Crippen LogP contribution in [0.3, 0.4) is 0 Å². The fourth-order valence-corrected chi connectivity index (χ4v) is 4.12. The van der Waals surface area contributed by atoms with Crippen LogP contribution in [-0.4, -0.2) is 42.4 Å². The van der Waals surface area contributed by atoms with Crippen LogP contribution in [0.15, 0.2) is 23.1 Å². The fourth-order valence-electron chi connectivity index (χ4n) is 2.40. The minimum absolute atomic E-state index is 0.101. The molecule has 1 aromatic rings. The van der Waals surface area contributed by atoms with Gasteiger partial charge in [-0.3, -0.25) is 4.79 Å². The molecule has 7 heteroatoms. The highest BCUT2D eigenvalue weighted by Crippen LogP contribution is 2.31. The number of aliphatic hydroxyl groups is 1. The van der Waals surface area contributed by atoms with Gasteiger partial charge in [0.15, 0.2) is 0 Å². The predicted molar refractivity (Wildman–Crippen MR) is 68.2 cm³/mol. The molecule has 1 saturated heterocycles. The maximum Gasteiger partial charge on any atom is 0.243 e. The van der Waals surface area contributed by atoms with Gasteiger partial charge in [0.2, 0.25) is 15.9 Å². The van der Waals surface area contributed by atoms with Gasteiger partial charge < -0.3 is 10.4 Å². The van der Waals surface area contributed by atoms with Gasteiger partial charge in [-0.1, -0.05) is 0 Å². The largest absolute Gasteiger partial charge is 0.387 e. The molecule has 6 nitrogen and oxygen atoms in total. The summed E-state index contributed by atoms with van der Waals surface area (Å²) < 4.78 is 25.8. The molecule has 2 aliphatic heterocycles. The lowest BCUT2D eigenvalue weighted by Gasteiger charge is -2.42. The Hall–Kier alpha value is -1.44. The Bertz CT molecular complexity index is 658. The van der Waals surface area contributed by atoms with Crippen LogP contribution in [0.1, 0.15) is 12.5 Å². The molecule has 0 aromatic heterocycles. The number of carbonyl (C=O) groups excluding carboxylic acids is 1. The van der Waals surface area contributed by atoms with E-state index in [1.165, 1.54) is 16.4 Å². The van der Waals surface area contributed by atoms with Gasteiger partial charge in [0.25, 0.3) is 0 Å². The second-order valence-electron chi connectivity index (χ2n) is 5.31. The van der Waals surface area contributed by atoms with Crippen LogP contribution < -0.4 is 5.32 Å². The summed E-state index contributed by atoms with van der Waals surface area (Å²) in [5.74, 6) is -0.128. The number of rotatable bonds is 2. The van der Waals surface area contributed by atoms with E-state index in [0.29, 0.717) is 11.3 Å². The number of nitrogens with one attached hydrogen (secondary N) is 1. The van der Waals surface area contributed by atoms with E-state index in [-0.39, 0.29) is 30.3 Å². The number of hydrogen-bond donors (Lipinski definition) is 2. The summed E-state index contributed by atoms with van der Waals surface area (Å²) >= 11 is 0. The first kappa shape index (κ1) is 12.6. The lowest BCUT2D eigenvalue weighted by Crippen LogP contribution is -2.61. The Balaban J connectivity index is 1.91. The van der Waals surface area contributed by atoms with Crippen LogP contribution >= 0.6 is 0 Å². The molecule has 1 aromatic carbocycles. The number of amides is 1. The third-order valence-corrected chi connectivity index (χ3v) is 5.16. The molecule has 19 heavy (non-hydrogen) atoms. The second-order valence-corrected chi connectivity index (χ2v) is 7.25. The van der Waals surface area contributed by atoms with Gasteiger partial charge in [-0.15, -0.1) is 0 Å². The Kier molecular flexibility index (Phi) is 2.51. The monoisotopic (exact) mass is 282 g/mol. The topological polar surface area (TPSA) is 86.7 Å². The fraction of sp³-hybridized carbons (Fsp3) is 0.417. The molecule has 2 N–H and O–H groups in total. The summed E-state index contributed by atoms with van der Waals surface area (Å²) in [4.78, 5) is 11.4. The van der Waals surface area contributed by atoms with Crippen LogP contribution in [-0.2, 0) is 21.2 Å². The van der Waals surface area contributed by atoms with Gasteiger partial charge in [-0.2, -0.15) is 4.31 Å². The molecule has 3 rings (SSSR count). The summed E-state index contributed by atoms with van der Waals surface area (Å²) in [7, 11) is -3.58. The molecule has 1 fully saturated rings. The SMILES string of the molecule is CC1(O)CN(S(=O)(=O)c2ccc3c(c2)CC(=O)N3)C1. The van der Waals surface area contributed by atoms with Gasteiger partial charge in [0.05, 0.1) is 16.9 Å². The predicted octanol–water partition coefficient (Wildman–Crippen LogP) is -0.0635. The van der Waals surface area contributed by atoms with Crippen molar-refractivity contribution in [1.29, 1.82) is 0 Å². The normalized spacial score (nSPS) is 21.7. The van der Waals surface area contributed by atoms with Crippen LogP contribution in [0.5, 0.6) is 0 Å². The quantitative estimate of drug-likeness (QED) is 0.795. The molecule has 2 aliphatic rings. The van der Waals surface area contributed by atoms with E-state index in [1.54, 1.807) is 13.0 Å². The number of nitrogens with zero attached hydrogens (tertiary/aromatic N) is 1. The van der Waals surface area contributed by atoms with Gasteiger partial charge in [-0.05, 0) is 30.7 Å². The highest BCUT2D eigenvalue weighted by Gasteiger charge is 2.44. The molecule has 0 aliphatic carbocycles. The van der Waals surface area contributed by atoms with Crippen molar-refractivity contribution >= 4 is 21.6 Å². The first-order valence-electron chi connectivity index (χ1n) is 5.93. The van der Waals surface area contributed by atoms with E-state index in [9.17, 15) is 18.3 Å².